The number of piperazine rings is 1. The molecule has 1 fully saturated rings. The van der Waals surface area contributed by atoms with E-state index in [0.29, 0.717) is 31.1 Å². The minimum Gasteiger partial charge on any atom is -0.441 e. The zero-order valence-corrected chi connectivity index (χ0v) is 15.1. The number of carbonyl (C=O) groups is 1. The molecule has 0 radical (unpaired) electrons. The summed E-state index contributed by atoms with van der Waals surface area (Å²) in [5.41, 5.74) is 0.637. The third-order valence-corrected chi connectivity index (χ3v) is 4.63. The van der Waals surface area contributed by atoms with E-state index in [4.69, 9.17) is 4.42 Å². The van der Waals surface area contributed by atoms with Crippen molar-refractivity contribution in [1.29, 1.82) is 0 Å². The summed E-state index contributed by atoms with van der Waals surface area (Å²) in [6, 6.07) is 3.91. The molecule has 2 heterocycles. The molecule has 3 rings (SSSR count). The molecule has 1 amide bonds. The number of carbonyl (C=O) groups excluding carboxylic acids is 1. The van der Waals surface area contributed by atoms with Crippen molar-refractivity contribution in [2.45, 2.75) is 33.2 Å². The van der Waals surface area contributed by atoms with Crippen LogP contribution in [0, 0.1) is 18.6 Å². The van der Waals surface area contributed by atoms with Crippen molar-refractivity contribution in [2.75, 3.05) is 26.2 Å². The van der Waals surface area contributed by atoms with Crippen molar-refractivity contribution in [2.24, 2.45) is 0 Å². The quantitative estimate of drug-likeness (QED) is 0.790. The van der Waals surface area contributed by atoms with Gasteiger partial charge in [0.25, 0.3) is 0 Å². The van der Waals surface area contributed by atoms with Crippen molar-refractivity contribution in [3.8, 4) is 11.5 Å². The van der Waals surface area contributed by atoms with E-state index in [9.17, 15) is 13.6 Å². The Morgan fingerprint density at radius 2 is 2.08 bits per heavy atom. The van der Waals surface area contributed by atoms with Gasteiger partial charge < -0.3 is 9.32 Å². The monoisotopic (exact) mass is 363 g/mol. The van der Waals surface area contributed by atoms with E-state index in [1.165, 1.54) is 12.1 Å². The third-order valence-electron chi connectivity index (χ3n) is 4.63. The molecular weight excluding hydrogens is 340 g/mol. The highest BCUT2D eigenvalue weighted by molar-refractivity contribution is 5.79. The molecule has 1 aromatic carbocycles. The average molecular weight is 363 g/mol. The summed E-state index contributed by atoms with van der Waals surface area (Å²) in [4.78, 5) is 20.5. The van der Waals surface area contributed by atoms with Gasteiger partial charge >= 0.3 is 0 Å². The number of aromatic nitrogens is 1. The Morgan fingerprint density at radius 1 is 1.27 bits per heavy atom. The van der Waals surface area contributed by atoms with Gasteiger partial charge in [-0.2, -0.15) is 0 Å². The number of aryl methyl sites for hydroxylation is 1. The molecule has 26 heavy (non-hydrogen) atoms. The second-order valence-corrected chi connectivity index (χ2v) is 6.57. The first-order valence-corrected chi connectivity index (χ1v) is 8.90. The maximum Gasteiger partial charge on any atom is 0.236 e. The molecule has 1 aliphatic rings. The number of rotatable bonds is 6. The van der Waals surface area contributed by atoms with E-state index in [1.54, 1.807) is 6.92 Å². The largest absolute Gasteiger partial charge is 0.441 e. The number of amides is 1. The van der Waals surface area contributed by atoms with Crippen LogP contribution >= 0.6 is 0 Å². The van der Waals surface area contributed by atoms with Crippen LogP contribution in [0.25, 0.3) is 11.5 Å². The standard InChI is InChI=1S/C19H23F2N3O2/c1-3-4-8-24-10-9-23(12-17(24)25)11-16-13(2)26-19(22-16)14-6-5-7-15(20)18(14)21/h5-7H,3-4,8-12H2,1-2H3. The predicted molar refractivity (Wildman–Crippen MR) is 93.4 cm³/mol. The molecule has 140 valence electrons. The summed E-state index contributed by atoms with van der Waals surface area (Å²) in [6.07, 6.45) is 2.07. The van der Waals surface area contributed by atoms with Crippen molar-refractivity contribution in [3.05, 3.63) is 41.3 Å². The summed E-state index contributed by atoms with van der Waals surface area (Å²) in [5, 5.41) is 0. The fraction of sp³-hybridized carbons (Fsp3) is 0.474. The third kappa shape index (κ3) is 3.93. The highest BCUT2D eigenvalue weighted by Crippen LogP contribution is 2.26. The number of benzene rings is 1. The van der Waals surface area contributed by atoms with Crippen molar-refractivity contribution < 1.29 is 18.0 Å². The molecular formula is C19H23F2N3O2. The molecule has 0 atom stereocenters. The summed E-state index contributed by atoms with van der Waals surface area (Å²) in [5.74, 6) is -1.19. The van der Waals surface area contributed by atoms with Crippen LogP contribution in [0.5, 0.6) is 0 Å². The molecule has 0 aliphatic carbocycles. The van der Waals surface area contributed by atoms with Crippen molar-refractivity contribution in [3.63, 3.8) is 0 Å². The molecule has 1 saturated heterocycles. The first kappa shape index (κ1) is 18.5. The average Bonchev–Trinajstić information content (AvgIpc) is 2.97. The minimum atomic E-state index is -0.972. The lowest BCUT2D eigenvalue weighted by molar-refractivity contribution is -0.136. The SMILES string of the molecule is CCCCN1CCN(Cc2nc(-c3cccc(F)c3F)oc2C)CC1=O. The van der Waals surface area contributed by atoms with E-state index in [-0.39, 0.29) is 17.4 Å². The number of oxazole rings is 1. The van der Waals surface area contributed by atoms with E-state index in [0.717, 1.165) is 32.0 Å². The number of halogens is 2. The first-order valence-electron chi connectivity index (χ1n) is 8.90. The highest BCUT2D eigenvalue weighted by Gasteiger charge is 2.25. The summed E-state index contributed by atoms with van der Waals surface area (Å²) in [6.45, 7) is 6.87. The maximum atomic E-state index is 13.9. The number of hydrogen-bond donors (Lipinski definition) is 0. The van der Waals surface area contributed by atoms with E-state index in [1.807, 2.05) is 9.80 Å². The Balaban J connectivity index is 1.69. The predicted octanol–water partition coefficient (Wildman–Crippen LogP) is 3.37. The lowest BCUT2D eigenvalue weighted by Gasteiger charge is -2.34. The number of nitrogens with zero attached hydrogens (tertiary/aromatic N) is 3. The van der Waals surface area contributed by atoms with Gasteiger partial charge in [-0.25, -0.2) is 13.8 Å². The van der Waals surface area contributed by atoms with E-state index in [2.05, 4.69) is 11.9 Å². The highest BCUT2D eigenvalue weighted by atomic mass is 19.2. The Morgan fingerprint density at radius 3 is 2.81 bits per heavy atom. The smallest absolute Gasteiger partial charge is 0.236 e. The molecule has 0 N–H and O–H groups in total. The molecule has 2 aromatic rings. The van der Waals surface area contributed by atoms with Crippen molar-refractivity contribution in [1.82, 2.24) is 14.8 Å². The van der Waals surface area contributed by atoms with E-state index < -0.39 is 11.6 Å². The van der Waals surface area contributed by atoms with Gasteiger partial charge in [-0.1, -0.05) is 19.4 Å². The summed E-state index contributed by atoms with van der Waals surface area (Å²) < 4.78 is 32.9. The van der Waals surface area contributed by atoms with Crippen LogP contribution in [0.4, 0.5) is 8.78 Å². The lowest BCUT2D eigenvalue weighted by atomic mass is 10.2. The van der Waals surface area contributed by atoms with Crippen LogP contribution in [0.1, 0.15) is 31.2 Å². The maximum absolute atomic E-state index is 13.9. The zero-order chi connectivity index (χ0) is 18.7. The molecule has 1 aromatic heterocycles. The number of hydrogen-bond acceptors (Lipinski definition) is 4. The molecule has 0 unspecified atom stereocenters. The zero-order valence-electron chi connectivity index (χ0n) is 15.1. The van der Waals surface area contributed by atoms with Gasteiger partial charge in [-0.05, 0) is 25.5 Å². The second kappa shape index (κ2) is 7.95. The van der Waals surface area contributed by atoms with Crippen LogP contribution in [-0.2, 0) is 11.3 Å². The second-order valence-electron chi connectivity index (χ2n) is 6.57. The Kier molecular flexibility index (Phi) is 5.66. The molecule has 5 nitrogen and oxygen atoms in total. The lowest BCUT2D eigenvalue weighted by Crippen LogP contribution is -2.50. The van der Waals surface area contributed by atoms with E-state index >= 15 is 0 Å². The minimum absolute atomic E-state index is 0.000175. The first-order chi connectivity index (χ1) is 12.5. The fourth-order valence-electron chi connectivity index (χ4n) is 3.05. The van der Waals surface area contributed by atoms with Crippen LogP contribution in [0.2, 0.25) is 0 Å². The van der Waals surface area contributed by atoms with Crippen LogP contribution in [-0.4, -0.2) is 46.9 Å². The van der Waals surface area contributed by atoms with Gasteiger partial charge in [-0.15, -0.1) is 0 Å². The van der Waals surface area contributed by atoms with Crippen LogP contribution in [0.3, 0.4) is 0 Å². The topological polar surface area (TPSA) is 49.6 Å². The van der Waals surface area contributed by atoms with Crippen LogP contribution in [0.15, 0.2) is 22.6 Å². The van der Waals surface area contributed by atoms with Gasteiger partial charge in [0.2, 0.25) is 11.8 Å². The van der Waals surface area contributed by atoms with Gasteiger partial charge in [-0.3, -0.25) is 9.69 Å². The van der Waals surface area contributed by atoms with Gasteiger partial charge in [0, 0.05) is 26.2 Å². The molecule has 0 spiro atoms. The Labute approximate surface area is 151 Å². The summed E-state index contributed by atoms with van der Waals surface area (Å²) in [7, 11) is 0. The Hall–Kier alpha value is -2.28. The van der Waals surface area contributed by atoms with Gasteiger partial charge in [0.1, 0.15) is 5.76 Å². The molecule has 7 heteroatoms. The van der Waals surface area contributed by atoms with Gasteiger partial charge in [0.15, 0.2) is 11.6 Å². The van der Waals surface area contributed by atoms with Crippen molar-refractivity contribution >= 4 is 5.91 Å². The summed E-state index contributed by atoms with van der Waals surface area (Å²) >= 11 is 0. The molecule has 1 aliphatic heterocycles. The fourth-order valence-corrected chi connectivity index (χ4v) is 3.05. The molecule has 0 saturated carbocycles. The number of unbranched alkanes of at least 4 members (excludes halogenated alkanes) is 1. The molecule has 0 bridgehead atoms. The van der Waals surface area contributed by atoms with Crippen LogP contribution < -0.4 is 0 Å². The van der Waals surface area contributed by atoms with Gasteiger partial charge in [0.05, 0.1) is 17.8 Å². The normalized spacial score (nSPS) is 15.7. The Bertz CT molecular complexity index is 791.